The van der Waals surface area contributed by atoms with Gasteiger partial charge in [0.15, 0.2) is 11.6 Å². The Labute approximate surface area is 167 Å². The maximum Gasteiger partial charge on any atom is 0.180 e. The van der Waals surface area contributed by atoms with Gasteiger partial charge in [0.1, 0.15) is 23.0 Å². The van der Waals surface area contributed by atoms with E-state index < -0.39 is 0 Å². The Balaban J connectivity index is 1.64. The Morgan fingerprint density at radius 2 is 2.07 bits per heavy atom. The fourth-order valence-electron chi connectivity index (χ4n) is 3.83. The first-order valence-corrected chi connectivity index (χ1v) is 9.69. The number of halogens is 1. The fraction of sp³-hybridized carbons (Fsp3) is 0.381. The number of carbonyl (C=O) groups excluding carboxylic acids is 1. The summed E-state index contributed by atoms with van der Waals surface area (Å²) < 4.78 is 15.3. The fourth-order valence-corrected chi connectivity index (χ4v) is 3.83. The smallest absolute Gasteiger partial charge is 0.180 e. The largest absolute Gasteiger partial charge is 0.367 e. The number of carbonyl (C=O) groups is 1. The SMILES string of the molecule is CC(=O)c1cnc(-c2cnc3ccc(F)cn23)nc1NC1CCC(CC#N)CC1. The van der Waals surface area contributed by atoms with Crippen molar-refractivity contribution in [1.82, 2.24) is 19.4 Å². The van der Waals surface area contributed by atoms with Gasteiger partial charge >= 0.3 is 0 Å². The second kappa shape index (κ2) is 7.95. The van der Waals surface area contributed by atoms with Crippen molar-refractivity contribution in [3.05, 3.63) is 42.1 Å². The molecule has 29 heavy (non-hydrogen) atoms. The molecule has 8 heteroatoms. The highest BCUT2D eigenvalue weighted by Gasteiger charge is 2.23. The van der Waals surface area contributed by atoms with E-state index in [0.29, 0.717) is 40.9 Å². The Kier molecular flexibility index (Phi) is 5.21. The van der Waals surface area contributed by atoms with Crippen LogP contribution in [0, 0.1) is 23.1 Å². The number of nitrogens with one attached hydrogen (secondary N) is 1. The summed E-state index contributed by atoms with van der Waals surface area (Å²) in [6, 6.07) is 5.37. The molecule has 0 saturated heterocycles. The molecule has 1 fully saturated rings. The first kappa shape index (κ1) is 19.0. The zero-order valence-corrected chi connectivity index (χ0v) is 16.1. The van der Waals surface area contributed by atoms with Gasteiger partial charge in [-0.25, -0.2) is 19.3 Å². The number of fused-ring (bicyclic) bond motifs is 1. The molecule has 0 atom stereocenters. The molecule has 0 bridgehead atoms. The van der Waals surface area contributed by atoms with Crippen LogP contribution in [-0.4, -0.2) is 31.2 Å². The lowest BCUT2D eigenvalue weighted by Crippen LogP contribution is -2.27. The Morgan fingerprint density at radius 3 is 2.79 bits per heavy atom. The highest BCUT2D eigenvalue weighted by atomic mass is 19.1. The second-order valence-corrected chi connectivity index (χ2v) is 7.46. The lowest BCUT2D eigenvalue weighted by atomic mass is 9.84. The molecule has 1 N–H and O–H groups in total. The summed E-state index contributed by atoms with van der Waals surface area (Å²) in [6.45, 7) is 1.48. The molecule has 0 amide bonds. The van der Waals surface area contributed by atoms with E-state index in [2.05, 4.69) is 26.3 Å². The van der Waals surface area contributed by atoms with E-state index in [0.717, 1.165) is 25.7 Å². The number of Topliss-reactive ketones (excluding diaryl/α,β-unsaturated/α-hetero) is 1. The molecule has 1 aliphatic rings. The van der Waals surface area contributed by atoms with E-state index in [-0.39, 0.29) is 17.6 Å². The maximum atomic E-state index is 13.7. The Morgan fingerprint density at radius 1 is 1.28 bits per heavy atom. The van der Waals surface area contributed by atoms with Crippen molar-refractivity contribution in [1.29, 1.82) is 5.26 Å². The van der Waals surface area contributed by atoms with Crippen LogP contribution in [0.25, 0.3) is 17.2 Å². The number of imidazole rings is 1. The lowest BCUT2D eigenvalue weighted by Gasteiger charge is -2.28. The average Bonchev–Trinajstić information content (AvgIpc) is 3.12. The first-order chi connectivity index (χ1) is 14.0. The van der Waals surface area contributed by atoms with E-state index in [1.807, 2.05) is 0 Å². The van der Waals surface area contributed by atoms with Crippen LogP contribution < -0.4 is 5.32 Å². The molecular formula is C21H21FN6O. The summed E-state index contributed by atoms with van der Waals surface area (Å²) in [5.41, 5.74) is 1.56. The molecule has 7 nitrogen and oxygen atoms in total. The topological polar surface area (TPSA) is 96.0 Å². The number of nitriles is 1. The molecule has 0 aliphatic heterocycles. The van der Waals surface area contributed by atoms with E-state index >= 15 is 0 Å². The van der Waals surface area contributed by atoms with Crippen LogP contribution in [0.3, 0.4) is 0 Å². The predicted octanol–water partition coefficient (Wildman–Crippen LogP) is 4.02. The summed E-state index contributed by atoms with van der Waals surface area (Å²) in [5.74, 6) is 0.789. The minimum absolute atomic E-state index is 0.124. The zero-order chi connectivity index (χ0) is 20.4. The zero-order valence-electron chi connectivity index (χ0n) is 16.1. The molecule has 148 valence electrons. The maximum absolute atomic E-state index is 13.7. The van der Waals surface area contributed by atoms with Gasteiger partial charge in [-0.3, -0.25) is 9.20 Å². The van der Waals surface area contributed by atoms with Gasteiger partial charge in [0.2, 0.25) is 0 Å². The summed E-state index contributed by atoms with van der Waals surface area (Å²) >= 11 is 0. The number of ketones is 1. The number of rotatable bonds is 5. The van der Waals surface area contributed by atoms with Gasteiger partial charge in [0, 0.05) is 24.9 Å². The van der Waals surface area contributed by atoms with Gasteiger partial charge in [-0.2, -0.15) is 5.26 Å². The van der Waals surface area contributed by atoms with Crippen molar-refractivity contribution in [3.63, 3.8) is 0 Å². The van der Waals surface area contributed by atoms with Crippen molar-refractivity contribution >= 4 is 17.2 Å². The Bertz CT molecular complexity index is 1090. The molecule has 3 aromatic rings. The van der Waals surface area contributed by atoms with Gasteiger partial charge in [0.25, 0.3) is 0 Å². The number of aromatic nitrogens is 4. The molecule has 0 spiro atoms. The van der Waals surface area contributed by atoms with Gasteiger partial charge in [-0.1, -0.05) is 0 Å². The molecule has 1 aliphatic carbocycles. The molecular weight excluding hydrogens is 371 g/mol. The molecule has 0 radical (unpaired) electrons. The van der Waals surface area contributed by atoms with Gasteiger partial charge in [0.05, 0.1) is 17.8 Å². The van der Waals surface area contributed by atoms with Crippen LogP contribution in [0.5, 0.6) is 0 Å². The average molecular weight is 392 g/mol. The molecule has 3 aromatic heterocycles. The lowest BCUT2D eigenvalue weighted by molar-refractivity contribution is 0.101. The Hall–Kier alpha value is -3.34. The van der Waals surface area contributed by atoms with Crippen molar-refractivity contribution in [2.75, 3.05) is 5.32 Å². The molecule has 3 heterocycles. The monoisotopic (exact) mass is 392 g/mol. The van der Waals surface area contributed by atoms with Crippen LogP contribution in [0.4, 0.5) is 10.2 Å². The molecule has 0 unspecified atom stereocenters. The molecule has 4 rings (SSSR count). The van der Waals surface area contributed by atoms with Gasteiger partial charge in [-0.05, 0) is 50.7 Å². The third kappa shape index (κ3) is 3.94. The van der Waals surface area contributed by atoms with E-state index in [4.69, 9.17) is 5.26 Å². The minimum atomic E-state index is -0.385. The predicted molar refractivity (Wildman–Crippen MR) is 106 cm³/mol. The highest BCUT2D eigenvalue weighted by Crippen LogP contribution is 2.29. The summed E-state index contributed by atoms with van der Waals surface area (Å²) in [6.07, 6.45) is 8.82. The second-order valence-electron chi connectivity index (χ2n) is 7.46. The third-order valence-corrected chi connectivity index (χ3v) is 5.43. The van der Waals surface area contributed by atoms with Crippen LogP contribution in [0.2, 0.25) is 0 Å². The summed E-state index contributed by atoms with van der Waals surface area (Å²) in [5, 5.41) is 12.3. The van der Waals surface area contributed by atoms with Crippen molar-refractivity contribution in [2.45, 2.75) is 45.1 Å². The van der Waals surface area contributed by atoms with Crippen LogP contribution in [0.1, 0.15) is 49.4 Å². The number of anilines is 1. The van der Waals surface area contributed by atoms with Crippen LogP contribution >= 0.6 is 0 Å². The quantitative estimate of drug-likeness (QED) is 0.659. The third-order valence-electron chi connectivity index (χ3n) is 5.43. The van der Waals surface area contributed by atoms with Crippen molar-refractivity contribution in [3.8, 4) is 17.6 Å². The van der Waals surface area contributed by atoms with Gasteiger partial charge in [-0.15, -0.1) is 0 Å². The van der Waals surface area contributed by atoms with E-state index in [1.165, 1.54) is 25.4 Å². The van der Waals surface area contributed by atoms with Gasteiger partial charge < -0.3 is 5.32 Å². The standard InChI is InChI=1S/C21H21FN6O/c1-13(29)17-10-25-21(18-11-24-19-7-4-15(22)12-28(18)19)27-20(17)26-16-5-2-14(3-6-16)8-9-23/h4,7,10-12,14,16H,2-3,5-6,8H2,1H3,(H,25,26,27). The highest BCUT2D eigenvalue weighted by molar-refractivity contribution is 5.98. The van der Waals surface area contributed by atoms with E-state index in [9.17, 15) is 9.18 Å². The number of pyridine rings is 1. The molecule has 0 aromatic carbocycles. The van der Waals surface area contributed by atoms with Crippen LogP contribution in [0.15, 0.2) is 30.7 Å². The first-order valence-electron chi connectivity index (χ1n) is 9.69. The van der Waals surface area contributed by atoms with Crippen LogP contribution in [-0.2, 0) is 0 Å². The molecule has 1 saturated carbocycles. The van der Waals surface area contributed by atoms with Crippen molar-refractivity contribution in [2.24, 2.45) is 5.92 Å². The number of hydrogen-bond donors (Lipinski definition) is 1. The number of nitrogens with zero attached hydrogens (tertiary/aromatic N) is 5. The van der Waals surface area contributed by atoms with E-state index in [1.54, 1.807) is 16.7 Å². The summed E-state index contributed by atoms with van der Waals surface area (Å²) in [7, 11) is 0. The summed E-state index contributed by atoms with van der Waals surface area (Å²) in [4.78, 5) is 25.3. The number of hydrogen-bond acceptors (Lipinski definition) is 6. The minimum Gasteiger partial charge on any atom is -0.367 e. The normalized spacial score (nSPS) is 19.1. The van der Waals surface area contributed by atoms with Crippen molar-refractivity contribution < 1.29 is 9.18 Å².